The quantitative estimate of drug-likeness (QED) is 0.365. The molecule has 1 atom stereocenters. The predicted molar refractivity (Wildman–Crippen MR) is 154 cm³/mol. The van der Waals surface area contributed by atoms with E-state index >= 15 is 0 Å². The molecule has 0 aliphatic carbocycles. The number of methoxy groups -OCH3 is 1. The van der Waals surface area contributed by atoms with Gasteiger partial charge in [-0.05, 0) is 75.9 Å². The van der Waals surface area contributed by atoms with Gasteiger partial charge in [0.2, 0.25) is 0 Å². The van der Waals surface area contributed by atoms with E-state index in [4.69, 9.17) is 9.47 Å². The summed E-state index contributed by atoms with van der Waals surface area (Å²) in [6.07, 6.45) is 6.40. The largest absolute Gasteiger partial charge is 0.497 e. The van der Waals surface area contributed by atoms with Crippen LogP contribution in [0.5, 0.6) is 5.75 Å². The Morgan fingerprint density at radius 2 is 1.85 bits per heavy atom. The van der Waals surface area contributed by atoms with Gasteiger partial charge in [-0.25, -0.2) is 14.6 Å². The predicted octanol–water partition coefficient (Wildman–Crippen LogP) is 5.38. The second-order valence-electron chi connectivity index (χ2n) is 10.3. The minimum Gasteiger partial charge on any atom is -0.497 e. The van der Waals surface area contributed by atoms with E-state index in [0.717, 1.165) is 29.7 Å². The van der Waals surface area contributed by atoms with Crippen molar-refractivity contribution in [3.8, 4) is 16.2 Å². The summed E-state index contributed by atoms with van der Waals surface area (Å²) in [7, 11) is 1.60. The highest BCUT2D eigenvalue weighted by atomic mass is 32.1. The molecule has 0 saturated carbocycles. The number of carbonyl (C=O) groups is 3. The van der Waals surface area contributed by atoms with E-state index in [0.29, 0.717) is 29.4 Å². The van der Waals surface area contributed by atoms with Crippen molar-refractivity contribution in [3.63, 3.8) is 0 Å². The molecule has 0 bridgehead atoms. The van der Waals surface area contributed by atoms with Gasteiger partial charge in [-0.1, -0.05) is 0 Å². The van der Waals surface area contributed by atoms with Crippen LogP contribution in [0.1, 0.15) is 50.4 Å². The van der Waals surface area contributed by atoms with Crippen LogP contribution >= 0.6 is 11.3 Å². The lowest BCUT2D eigenvalue weighted by molar-refractivity contribution is 0.0242. The van der Waals surface area contributed by atoms with Crippen molar-refractivity contribution in [2.45, 2.75) is 51.7 Å². The highest BCUT2D eigenvalue weighted by Crippen LogP contribution is 2.36. The van der Waals surface area contributed by atoms with Crippen LogP contribution in [0.25, 0.3) is 10.4 Å². The summed E-state index contributed by atoms with van der Waals surface area (Å²) in [5.41, 5.74) is 0.578. The lowest BCUT2D eigenvalue weighted by atomic mass is 10.1. The zero-order valence-corrected chi connectivity index (χ0v) is 23.8. The minimum absolute atomic E-state index is 0.270. The number of urea groups is 1. The number of anilines is 2. The molecule has 2 aromatic heterocycles. The molecule has 11 nitrogen and oxygen atoms in total. The van der Waals surface area contributed by atoms with Crippen molar-refractivity contribution in [2.75, 3.05) is 30.8 Å². The molecule has 1 saturated heterocycles. The van der Waals surface area contributed by atoms with Gasteiger partial charge in [0.25, 0.3) is 5.91 Å². The average Bonchev–Trinajstić information content (AvgIpc) is 3.18. The molecule has 1 aliphatic heterocycles. The van der Waals surface area contributed by atoms with Gasteiger partial charge in [-0.2, -0.15) is 0 Å². The SMILES string of the molecule is COc1ccc(-c2cc(C(=O)N[C@H]3CCCCN(C(=O)OC(C)(C)C)C3)c(NC(=O)Nc3cnccn3)s2)cc1. The standard InChI is InChI=1S/C28H34N6O5S/c1-28(2,3)39-27(37)34-14-6-5-7-19(17-34)31-24(35)21-15-22(18-8-10-20(38-4)11-9-18)40-25(21)33-26(36)32-23-16-29-12-13-30-23/h8-13,15-16,19H,5-7,14,17H2,1-4H3,(H,31,35)(H2,30,32,33,36)/t19-/m0/s1. The molecule has 1 aliphatic rings. The molecule has 4 rings (SSSR count). The van der Waals surface area contributed by atoms with E-state index in [1.165, 1.54) is 29.9 Å². The Morgan fingerprint density at radius 3 is 2.52 bits per heavy atom. The van der Waals surface area contributed by atoms with Crippen molar-refractivity contribution in [2.24, 2.45) is 0 Å². The molecule has 1 aromatic carbocycles. The van der Waals surface area contributed by atoms with Crippen molar-refractivity contribution in [3.05, 3.63) is 54.5 Å². The monoisotopic (exact) mass is 566 g/mol. The van der Waals surface area contributed by atoms with Gasteiger partial charge in [-0.15, -0.1) is 11.3 Å². The van der Waals surface area contributed by atoms with Crippen LogP contribution in [0.4, 0.5) is 20.4 Å². The first-order valence-electron chi connectivity index (χ1n) is 13.0. The van der Waals surface area contributed by atoms with Gasteiger partial charge in [0.1, 0.15) is 16.4 Å². The molecule has 3 heterocycles. The average molecular weight is 567 g/mol. The molecule has 212 valence electrons. The number of carbonyl (C=O) groups excluding carboxylic acids is 3. The minimum atomic E-state index is -0.608. The number of amides is 4. The Labute approximate surface area is 237 Å². The van der Waals surface area contributed by atoms with Gasteiger partial charge < -0.3 is 19.7 Å². The number of thiophene rings is 1. The summed E-state index contributed by atoms with van der Waals surface area (Å²) >= 11 is 1.28. The van der Waals surface area contributed by atoms with Gasteiger partial charge >= 0.3 is 12.1 Å². The van der Waals surface area contributed by atoms with Gasteiger partial charge in [0.15, 0.2) is 5.82 Å². The molecule has 12 heteroatoms. The number of ether oxygens (including phenoxy) is 2. The summed E-state index contributed by atoms with van der Waals surface area (Å²) in [6, 6.07) is 8.37. The van der Waals surface area contributed by atoms with Crippen LogP contribution in [0.2, 0.25) is 0 Å². The Hall–Kier alpha value is -4.19. The molecule has 0 radical (unpaired) electrons. The third kappa shape index (κ3) is 7.92. The summed E-state index contributed by atoms with van der Waals surface area (Å²) in [4.78, 5) is 49.5. The van der Waals surface area contributed by atoms with Crippen LogP contribution in [-0.2, 0) is 4.74 Å². The molecule has 0 spiro atoms. The number of hydrogen-bond acceptors (Lipinski definition) is 8. The Kier molecular flexibility index (Phi) is 9.20. The molecule has 0 unspecified atom stereocenters. The van der Waals surface area contributed by atoms with Crippen LogP contribution in [0.15, 0.2) is 48.9 Å². The van der Waals surface area contributed by atoms with Crippen LogP contribution in [0.3, 0.4) is 0 Å². The van der Waals surface area contributed by atoms with Crippen LogP contribution in [0, 0.1) is 0 Å². The lowest BCUT2D eigenvalue weighted by Gasteiger charge is -2.28. The van der Waals surface area contributed by atoms with Crippen LogP contribution < -0.4 is 20.7 Å². The second-order valence-corrected chi connectivity index (χ2v) is 11.4. The Balaban J connectivity index is 1.54. The number of aromatic nitrogens is 2. The summed E-state index contributed by atoms with van der Waals surface area (Å²) in [6.45, 7) is 6.39. The van der Waals surface area contributed by atoms with E-state index in [1.807, 2.05) is 45.0 Å². The molecular weight excluding hydrogens is 532 g/mol. The topological polar surface area (TPSA) is 135 Å². The number of nitrogens with zero attached hydrogens (tertiary/aromatic N) is 3. The fourth-order valence-electron chi connectivity index (χ4n) is 4.18. The first kappa shape index (κ1) is 28.8. The van der Waals surface area contributed by atoms with E-state index in [-0.39, 0.29) is 17.8 Å². The number of rotatable bonds is 6. The van der Waals surface area contributed by atoms with Gasteiger partial charge in [0, 0.05) is 36.4 Å². The zero-order valence-electron chi connectivity index (χ0n) is 23.0. The summed E-state index contributed by atoms with van der Waals surface area (Å²) in [5, 5.41) is 8.86. The molecular formula is C28H34N6O5S. The lowest BCUT2D eigenvalue weighted by Crippen LogP contribution is -2.46. The normalized spacial score (nSPS) is 15.5. The van der Waals surface area contributed by atoms with Crippen molar-refractivity contribution < 1.29 is 23.9 Å². The first-order valence-corrected chi connectivity index (χ1v) is 13.8. The molecule has 4 amide bonds. The fraction of sp³-hybridized carbons (Fsp3) is 0.393. The molecule has 3 N–H and O–H groups in total. The number of nitrogens with one attached hydrogen (secondary N) is 3. The number of hydrogen-bond donors (Lipinski definition) is 3. The Bertz CT molecular complexity index is 1320. The van der Waals surface area contributed by atoms with Gasteiger partial charge in [0.05, 0.1) is 18.9 Å². The maximum absolute atomic E-state index is 13.6. The number of benzene rings is 1. The smallest absolute Gasteiger partial charge is 0.410 e. The second kappa shape index (κ2) is 12.8. The third-order valence-electron chi connectivity index (χ3n) is 6.04. The summed E-state index contributed by atoms with van der Waals surface area (Å²) in [5.74, 6) is 0.642. The number of likely N-dealkylation sites (tertiary alicyclic amines) is 1. The van der Waals surface area contributed by atoms with Crippen molar-refractivity contribution in [1.29, 1.82) is 0 Å². The maximum atomic E-state index is 13.6. The molecule has 3 aromatic rings. The summed E-state index contributed by atoms with van der Waals surface area (Å²) < 4.78 is 10.8. The van der Waals surface area contributed by atoms with E-state index in [2.05, 4.69) is 25.9 Å². The van der Waals surface area contributed by atoms with E-state index < -0.39 is 17.7 Å². The first-order chi connectivity index (χ1) is 19.1. The highest BCUT2D eigenvalue weighted by molar-refractivity contribution is 7.20. The van der Waals surface area contributed by atoms with E-state index in [9.17, 15) is 14.4 Å². The van der Waals surface area contributed by atoms with Crippen LogP contribution in [-0.4, -0.2) is 64.7 Å². The van der Waals surface area contributed by atoms with E-state index in [1.54, 1.807) is 18.1 Å². The zero-order chi connectivity index (χ0) is 28.7. The highest BCUT2D eigenvalue weighted by Gasteiger charge is 2.28. The maximum Gasteiger partial charge on any atom is 0.410 e. The Morgan fingerprint density at radius 1 is 1.07 bits per heavy atom. The van der Waals surface area contributed by atoms with Crippen molar-refractivity contribution in [1.82, 2.24) is 20.2 Å². The fourth-order valence-corrected chi connectivity index (χ4v) is 5.24. The third-order valence-corrected chi connectivity index (χ3v) is 7.14. The molecule has 40 heavy (non-hydrogen) atoms. The molecule has 1 fully saturated rings. The van der Waals surface area contributed by atoms with Crippen molar-refractivity contribution >= 4 is 40.2 Å². The van der Waals surface area contributed by atoms with Gasteiger partial charge in [-0.3, -0.25) is 20.4 Å².